The third kappa shape index (κ3) is 3.30. The summed E-state index contributed by atoms with van der Waals surface area (Å²) < 4.78 is 4.58. The van der Waals surface area contributed by atoms with Crippen molar-refractivity contribution in [2.75, 3.05) is 7.11 Å². The van der Waals surface area contributed by atoms with Crippen LogP contribution in [0.15, 0.2) is 24.3 Å². The SMILES string of the molecule is COC(=O)c1ccc(C(C)C(Br)C(=O)O)cc1. The molecule has 5 heteroatoms. The van der Waals surface area contributed by atoms with Crippen molar-refractivity contribution >= 4 is 27.9 Å². The van der Waals surface area contributed by atoms with Gasteiger partial charge in [0.05, 0.1) is 12.7 Å². The van der Waals surface area contributed by atoms with Crippen molar-refractivity contribution in [3.8, 4) is 0 Å². The molecule has 17 heavy (non-hydrogen) atoms. The highest BCUT2D eigenvalue weighted by atomic mass is 79.9. The van der Waals surface area contributed by atoms with Gasteiger partial charge < -0.3 is 9.84 Å². The summed E-state index contributed by atoms with van der Waals surface area (Å²) in [5.41, 5.74) is 1.30. The number of carbonyl (C=O) groups is 2. The van der Waals surface area contributed by atoms with E-state index in [0.717, 1.165) is 5.56 Å². The van der Waals surface area contributed by atoms with Gasteiger partial charge in [0.2, 0.25) is 0 Å². The number of esters is 1. The van der Waals surface area contributed by atoms with Crippen molar-refractivity contribution in [3.63, 3.8) is 0 Å². The molecule has 0 aromatic heterocycles. The number of carboxylic acids is 1. The summed E-state index contributed by atoms with van der Waals surface area (Å²) in [6, 6.07) is 6.71. The quantitative estimate of drug-likeness (QED) is 0.685. The molecule has 0 aliphatic heterocycles. The Morgan fingerprint density at radius 1 is 1.29 bits per heavy atom. The van der Waals surface area contributed by atoms with Gasteiger partial charge in [-0.25, -0.2) is 4.79 Å². The van der Waals surface area contributed by atoms with Gasteiger partial charge in [-0.15, -0.1) is 0 Å². The lowest BCUT2D eigenvalue weighted by molar-refractivity contribution is -0.136. The van der Waals surface area contributed by atoms with E-state index in [4.69, 9.17) is 5.11 Å². The van der Waals surface area contributed by atoms with E-state index in [2.05, 4.69) is 20.7 Å². The van der Waals surface area contributed by atoms with Crippen molar-refractivity contribution in [1.29, 1.82) is 0 Å². The lowest BCUT2D eigenvalue weighted by Crippen LogP contribution is -2.19. The van der Waals surface area contributed by atoms with Crippen LogP contribution in [0.3, 0.4) is 0 Å². The summed E-state index contributed by atoms with van der Waals surface area (Å²) in [5, 5.41) is 8.87. The smallest absolute Gasteiger partial charge is 0.337 e. The molecule has 0 radical (unpaired) electrons. The van der Waals surface area contributed by atoms with E-state index in [-0.39, 0.29) is 5.92 Å². The van der Waals surface area contributed by atoms with Gasteiger partial charge in [-0.3, -0.25) is 4.79 Å². The first-order valence-corrected chi connectivity index (χ1v) is 5.94. The zero-order chi connectivity index (χ0) is 13.0. The minimum Gasteiger partial charge on any atom is -0.480 e. The topological polar surface area (TPSA) is 63.6 Å². The van der Waals surface area contributed by atoms with E-state index < -0.39 is 16.8 Å². The number of alkyl halides is 1. The van der Waals surface area contributed by atoms with E-state index in [9.17, 15) is 9.59 Å². The number of carboxylic acid groups (broad SMARTS) is 1. The third-order valence-electron chi connectivity index (χ3n) is 2.53. The Morgan fingerprint density at radius 3 is 2.24 bits per heavy atom. The van der Waals surface area contributed by atoms with E-state index >= 15 is 0 Å². The molecule has 1 aromatic carbocycles. The first-order chi connectivity index (χ1) is 7.97. The Morgan fingerprint density at radius 2 is 1.82 bits per heavy atom. The van der Waals surface area contributed by atoms with Crippen molar-refractivity contribution in [3.05, 3.63) is 35.4 Å². The number of methoxy groups -OCH3 is 1. The van der Waals surface area contributed by atoms with Gasteiger partial charge in [0.15, 0.2) is 0 Å². The predicted molar refractivity (Wildman–Crippen MR) is 66.5 cm³/mol. The first-order valence-electron chi connectivity index (χ1n) is 5.02. The van der Waals surface area contributed by atoms with Gasteiger partial charge in [-0.1, -0.05) is 35.0 Å². The van der Waals surface area contributed by atoms with Crippen LogP contribution in [0.5, 0.6) is 0 Å². The van der Waals surface area contributed by atoms with Crippen LogP contribution < -0.4 is 0 Å². The average molecular weight is 301 g/mol. The lowest BCUT2D eigenvalue weighted by Gasteiger charge is -2.15. The Kier molecular flexibility index (Phi) is 4.69. The van der Waals surface area contributed by atoms with Crippen LogP contribution in [0, 0.1) is 0 Å². The number of hydrogen-bond acceptors (Lipinski definition) is 3. The maximum Gasteiger partial charge on any atom is 0.337 e. The second-order valence-corrected chi connectivity index (χ2v) is 4.63. The zero-order valence-electron chi connectivity index (χ0n) is 9.51. The van der Waals surface area contributed by atoms with Crippen molar-refractivity contribution in [2.24, 2.45) is 0 Å². The van der Waals surface area contributed by atoms with Crippen LogP contribution in [0.25, 0.3) is 0 Å². The van der Waals surface area contributed by atoms with Gasteiger partial charge in [-0.05, 0) is 17.7 Å². The number of benzene rings is 1. The van der Waals surface area contributed by atoms with Gasteiger partial charge in [0.1, 0.15) is 4.83 Å². The molecular formula is C12H13BrO4. The Hall–Kier alpha value is -1.36. The Labute approximate surface area is 108 Å². The molecule has 0 amide bonds. The Balaban J connectivity index is 2.87. The molecule has 0 aliphatic carbocycles. The van der Waals surface area contributed by atoms with Crippen molar-refractivity contribution < 1.29 is 19.4 Å². The molecule has 1 aromatic rings. The number of hydrogen-bond donors (Lipinski definition) is 1. The van der Waals surface area contributed by atoms with Crippen LogP contribution in [-0.4, -0.2) is 29.0 Å². The van der Waals surface area contributed by atoms with Crippen LogP contribution in [0.4, 0.5) is 0 Å². The molecule has 2 atom stereocenters. The maximum atomic E-state index is 11.2. The van der Waals surface area contributed by atoms with E-state index in [1.807, 2.05) is 0 Å². The summed E-state index contributed by atoms with van der Waals surface area (Å²) in [6.45, 7) is 1.81. The van der Waals surface area contributed by atoms with Crippen molar-refractivity contribution in [2.45, 2.75) is 17.7 Å². The van der Waals surface area contributed by atoms with Gasteiger partial charge in [-0.2, -0.15) is 0 Å². The normalized spacial score (nSPS) is 13.8. The molecule has 0 spiro atoms. The van der Waals surface area contributed by atoms with E-state index in [1.165, 1.54) is 7.11 Å². The molecule has 1 N–H and O–H groups in total. The van der Waals surface area contributed by atoms with E-state index in [0.29, 0.717) is 5.56 Å². The molecule has 0 saturated heterocycles. The Bertz CT molecular complexity index is 413. The molecule has 0 heterocycles. The summed E-state index contributed by atoms with van der Waals surface area (Å²) in [6.07, 6.45) is 0. The molecule has 0 fully saturated rings. The summed E-state index contributed by atoms with van der Waals surface area (Å²) >= 11 is 3.11. The fourth-order valence-electron chi connectivity index (χ4n) is 1.42. The molecule has 0 aliphatic rings. The monoisotopic (exact) mass is 300 g/mol. The number of halogens is 1. The average Bonchev–Trinajstić information content (AvgIpc) is 2.36. The number of ether oxygens (including phenoxy) is 1. The summed E-state index contributed by atoms with van der Waals surface area (Å²) in [7, 11) is 1.32. The van der Waals surface area contributed by atoms with Crippen LogP contribution in [0.1, 0.15) is 28.8 Å². The lowest BCUT2D eigenvalue weighted by atomic mass is 9.97. The fraction of sp³-hybridized carbons (Fsp3) is 0.333. The molecule has 0 saturated carbocycles. The highest BCUT2D eigenvalue weighted by molar-refractivity contribution is 9.10. The van der Waals surface area contributed by atoms with Gasteiger partial charge in [0.25, 0.3) is 0 Å². The summed E-state index contributed by atoms with van der Waals surface area (Å²) in [4.78, 5) is 21.4. The number of carbonyl (C=O) groups excluding carboxylic acids is 1. The largest absolute Gasteiger partial charge is 0.480 e. The van der Waals surface area contributed by atoms with Gasteiger partial charge in [0, 0.05) is 5.92 Å². The molecular weight excluding hydrogens is 288 g/mol. The molecule has 0 bridgehead atoms. The van der Waals surface area contributed by atoms with Crippen molar-refractivity contribution in [1.82, 2.24) is 0 Å². The second-order valence-electron chi connectivity index (χ2n) is 3.64. The predicted octanol–water partition coefficient (Wildman–Crippen LogP) is 2.42. The van der Waals surface area contributed by atoms with Gasteiger partial charge >= 0.3 is 11.9 Å². The van der Waals surface area contributed by atoms with Crippen LogP contribution in [-0.2, 0) is 9.53 Å². The van der Waals surface area contributed by atoms with Crippen LogP contribution >= 0.6 is 15.9 Å². The minimum atomic E-state index is -0.908. The summed E-state index contributed by atoms with van der Waals surface area (Å²) in [5.74, 6) is -1.49. The van der Waals surface area contributed by atoms with E-state index in [1.54, 1.807) is 31.2 Å². The highest BCUT2D eigenvalue weighted by Crippen LogP contribution is 2.25. The molecule has 2 unspecified atom stereocenters. The fourth-order valence-corrected chi connectivity index (χ4v) is 1.73. The molecule has 1 rings (SSSR count). The number of rotatable bonds is 4. The number of aliphatic carboxylic acids is 1. The maximum absolute atomic E-state index is 11.2. The molecule has 92 valence electrons. The first kappa shape index (κ1) is 13.7. The third-order valence-corrected chi connectivity index (χ3v) is 3.72. The highest BCUT2D eigenvalue weighted by Gasteiger charge is 2.22. The second kappa shape index (κ2) is 5.82. The van der Waals surface area contributed by atoms with Crippen LogP contribution in [0.2, 0.25) is 0 Å². The zero-order valence-corrected chi connectivity index (χ0v) is 11.1. The minimum absolute atomic E-state index is 0.181. The standard InChI is InChI=1S/C12H13BrO4/c1-7(10(13)11(14)15)8-3-5-9(6-4-8)12(16)17-2/h3-7,10H,1-2H3,(H,14,15). The molecule has 4 nitrogen and oxygen atoms in total.